The molecule has 0 aliphatic rings. The lowest BCUT2D eigenvalue weighted by atomic mass is 10.2. The number of benzene rings is 2. The predicted molar refractivity (Wildman–Crippen MR) is 108 cm³/mol. The highest BCUT2D eigenvalue weighted by Crippen LogP contribution is 2.42. The van der Waals surface area contributed by atoms with E-state index in [2.05, 4.69) is 4.72 Å². The van der Waals surface area contributed by atoms with Crippen molar-refractivity contribution in [2.24, 2.45) is 0 Å². The van der Waals surface area contributed by atoms with Crippen LogP contribution in [0.25, 0.3) is 10.9 Å². The van der Waals surface area contributed by atoms with E-state index < -0.39 is 17.3 Å². The summed E-state index contributed by atoms with van der Waals surface area (Å²) in [5.41, 5.74) is 2.35. The maximum Gasteiger partial charge on any atom is 0.323 e. The standard InChI is InChI=1S/C18H17ClN2O3S2/c1-11-18(25-13-8-6-12(19)7-9-13)17-14(20-26(2)24)4-3-5-15(17)21(11)10-16(22)23/h3-9,20H,10H2,1-2H3,(H,22,23). The molecular weight excluding hydrogens is 392 g/mol. The molecule has 1 atom stereocenters. The number of nitrogens with zero attached hydrogens (tertiary/aromatic N) is 1. The molecule has 0 aliphatic heterocycles. The lowest BCUT2D eigenvalue weighted by Crippen LogP contribution is -2.11. The number of fused-ring (bicyclic) bond motifs is 1. The highest BCUT2D eigenvalue weighted by atomic mass is 35.5. The third-order valence-electron chi connectivity index (χ3n) is 3.87. The number of halogens is 1. The molecule has 1 aromatic heterocycles. The van der Waals surface area contributed by atoms with Crippen molar-refractivity contribution in [1.82, 2.24) is 4.57 Å². The van der Waals surface area contributed by atoms with Crippen molar-refractivity contribution >= 4 is 57.3 Å². The Labute approximate surface area is 163 Å². The fourth-order valence-electron chi connectivity index (χ4n) is 2.81. The highest BCUT2D eigenvalue weighted by molar-refractivity contribution is 7.99. The molecule has 0 bridgehead atoms. The molecule has 5 nitrogen and oxygen atoms in total. The van der Waals surface area contributed by atoms with Gasteiger partial charge in [-0.1, -0.05) is 29.4 Å². The van der Waals surface area contributed by atoms with E-state index in [1.165, 1.54) is 11.8 Å². The molecule has 0 amide bonds. The van der Waals surface area contributed by atoms with Crippen molar-refractivity contribution in [3.05, 3.63) is 53.2 Å². The number of carboxylic acid groups (broad SMARTS) is 1. The van der Waals surface area contributed by atoms with Crippen LogP contribution in [0.15, 0.2) is 52.3 Å². The van der Waals surface area contributed by atoms with Gasteiger partial charge in [0, 0.05) is 25.9 Å². The summed E-state index contributed by atoms with van der Waals surface area (Å²) in [6, 6.07) is 13.0. The van der Waals surface area contributed by atoms with E-state index in [4.69, 9.17) is 11.6 Å². The molecule has 0 saturated carbocycles. The number of aliphatic carboxylic acids is 1. The summed E-state index contributed by atoms with van der Waals surface area (Å²) in [4.78, 5) is 13.2. The molecular formula is C18H17ClN2O3S2. The van der Waals surface area contributed by atoms with Crippen molar-refractivity contribution in [3.8, 4) is 0 Å². The molecule has 1 heterocycles. The van der Waals surface area contributed by atoms with E-state index in [1.54, 1.807) is 10.8 Å². The first-order chi connectivity index (χ1) is 12.4. The zero-order valence-corrected chi connectivity index (χ0v) is 16.5. The Morgan fingerprint density at radius 1 is 1.31 bits per heavy atom. The van der Waals surface area contributed by atoms with Gasteiger partial charge in [0.2, 0.25) is 0 Å². The average molecular weight is 409 g/mol. The minimum absolute atomic E-state index is 0.137. The number of nitrogens with one attached hydrogen (secondary N) is 1. The minimum Gasteiger partial charge on any atom is -0.593 e. The van der Waals surface area contributed by atoms with Crippen LogP contribution in [0.3, 0.4) is 0 Å². The molecule has 136 valence electrons. The summed E-state index contributed by atoms with van der Waals surface area (Å²) in [6.45, 7) is 1.76. The van der Waals surface area contributed by atoms with E-state index >= 15 is 0 Å². The second-order valence-electron chi connectivity index (χ2n) is 5.71. The SMILES string of the molecule is Cc1c(Sc2ccc(Cl)cc2)c2c(N[S+](C)[O-])cccc2n1CC(=O)O. The van der Waals surface area contributed by atoms with E-state index in [1.807, 2.05) is 49.4 Å². The van der Waals surface area contributed by atoms with Crippen LogP contribution in [0.1, 0.15) is 5.69 Å². The lowest BCUT2D eigenvalue weighted by Gasteiger charge is -2.10. The van der Waals surface area contributed by atoms with Gasteiger partial charge in [0.15, 0.2) is 0 Å². The smallest absolute Gasteiger partial charge is 0.323 e. The molecule has 26 heavy (non-hydrogen) atoms. The first kappa shape index (κ1) is 19.0. The van der Waals surface area contributed by atoms with Crippen molar-refractivity contribution in [3.63, 3.8) is 0 Å². The second kappa shape index (κ2) is 7.84. The molecule has 0 spiro atoms. The van der Waals surface area contributed by atoms with Crippen LogP contribution in [-0.4, -0.2) is 26.5 Å². The van der Waals surface area contributed by atoms with Gasteiger partial charge in [-0.3, -0.25) is 4.79 Å². The lowest BCUT2D eigenvalue weighted by molar-refractivity contribution is -0.137. The van der Waals surface area contributed by atoms with Crippen LogP contribution >= 0.6 is 23.4 Å². The number of carboxylic acids is 1. The van der Waals surface area contributed by atoms with E-state index in [9.17, 15) is 14.5 Å². The average Bonchev–Trinajstić information content (AvgIpc) is 2.82. The largest absolute Gasteiger partial charge is 0.593 e. The van der Waals surface area contributed by atoms with E-state index in [-0.39, 0.29) is 6.54 Å². The third kappa shape index (κ3) is 3.96. The Kier molecular flexibility index (Phi) is 5.72. The topological polar surface area (TPSA) is 77.3 Å². The monoisotopic (exact) mass is 408 g/mol. The molecule has 2 aromatic carbocycles. The molecule has 0 saturated heterocycles. The summed E-state index contributed by atoms with van der Waals surface area (Å²) in [6.07, 6.45) is 1.56. The van der Waals surface area contributed by atoms with Crippen LogP contribution in [0, 0.1) is 6.92 Å². The summed E-state index contributed by atoms with van der Waals surface area (Å²) in [7, 11) is 0. The van der Waals surface area contributed by atoms with Crippen molar-refractivity contribution < 1.29 is 14.5 Å². The summed E-state index contributed by atoms with van der Waals surface area (Å²) in [5.74, 6) is -0.912. The fraction of sp³-hybridized carbons (Fsp3) is 0.167. The third-order valence-corrected chi connectivity index (χ3v) is 5.85. The van der Waals surface area contributed by atoms with Crippen LogP contribution < -0.4 is 4.72 Å². The number of aromatic nitrogens is 1. The molecule has 2 N–H and O–H groups in total. The van der Waals surface area contributed by atoms with Crippen LogP contribution in [-0.2, 0) is 22.7 Å². The van der Waals surface area contributed by atoms with Gasteiger partial charge in [0.25, 0.3) is 0 Å². The summed E-state index contributed by atoms with van der Waals surface area (Å²) >= 11 is 6.25. The predicted octanol–water partition coefficient (Wildman–Crippen LogP) is 4.54. The molecule has 8 heteroatoms. The molecule has 0 fully saturated rings. The maximum absolute atomic E-state index is 11.7. The molecule has 1 unspecified atom stereocenters. The summed E-state index contributed by atoms with van der Waals surface area (Å²) in [5, 5.41) is 10.8. The van der Waals surface area contributed by atoms with Gasteiger partial charge >= 0.3 is 5.97 Å². The fourth-order valence-corrected chi connectivity index (χ4v) is 4.50. The van der Waals surface area contributed by atoms with Gasteiger partial charge in [0.05, 0.1) is 22.6 Å². The van der Waals surface area contributed by atoms with Gasteiger partial charge in [0.1, 0.15) is 12.8 Å². The summed E-state index contributed by atoms with van der Waals surface area (Å²) < 4.78 is 16.4. The van der Waals surface area contributed by atoms with Gasteiger partial charge in [-0.2, -0.15) is 0 Å². The van der Waals surface area contributed by atoms with Crippen LogP contribution in [0.4, 0.5) is 5.69 Å². The Morgan fingerprint density at radius 2 is 2.00 bits per heavy atom. The number of carbonyl (C=O) groups is 1. The highest BCUT2D eigenvalue weighted by Gasteiger charge is 2.20. The van der Waals surface area contributed by atoms with Gasteiger partial charge < -0.3 is 14.2 Å². The van der Waals surface area contributed by atoms with Crippen molar-refractivity contribution in [2.75, 3.05) is 11.0 Å². The maximum atomic E-state index is 11.7. The van der Waals surface area contributed by atoms with Gasteiger partial charge in [-0.25, -0.2) is 4.72 Å². The Morgan fingerprint density at radius 3 is 2.62 bits per heavy atom. The first-order valence-corrected chi connectivity index (χ1v) is 10.5. The Bertz CT molecular complexity index is 955. The Hall–Kier alpha value is -1.80. The number of hydrogen-bond donors (Lipinski definition) is 2. The quantitative estimate of drug-likeness (QED) is 0.585. The van der Waals surface area contributed by atoms with E-state index in [0.717, 1.165) is 26.4 Å². The van der Waals surface area contributed by atoms with Gasteiger partial charge in [-0.15, -0.1) is 0 Å². The van der Waals surface area contributed by atoms with Crippen molar-refractivity contribution in [1.29, 1.82) is 0 Å². The molecule has 3 aromatic rings. The van der Waals surface area contributed by atoms with Gasteiger partial charge in [-0.05, 0) is 43.3 Å². The second-order valence-corrected chi connectivity index (χ2v) is 8.34. The zero-order chi connectivity index (χ0) is 18.8. The first-order valence-electron chi connectivity index (χ1n) is 7.74. The number of anilines is 1. The van der Waals surface area contributed by atoms with E-state index in [0.29, 0.717) is 10.7 Å². The zero-order valence-electron chi connectivity index (χ0n) is 14.2. The van der Waals surface area contributed by atoms with Crippen molar-refractivity contribution in [2.45, 2.75) is 23.3 Å². The number of hydrogen-bond acceptors (Lipinski definition) is 4. The number of rotatable bonds is 6. The van der Waals surface area contributed by atoms with Crippen LogP contribution in [0.2, 0.25) is 5.02 Å². The Balaban J connectivity index is 2.19. The normalized spacial score (nSPS) is 12.3. The molecule has 0 radical (unpaired) electrons. The van der Waals surface area contributed by atoms with Crippen LogP contribution in [0.5, 0.6) is 0 Å². The molecule has 3 rings (SSSR count). The molecule has 0 aliphatic carbocycles. The minimum atomic E-state index is -1.24.